The molecule has 0 bridgehead atoms. The van der Waals surface area contributed by atoms with Crippen LogP contribution < -0.4 is 14.4 Å². The molecule has 1 N–H and O–H groups in total. The molecule has 0 aliphatic heterocycles. The average Bonchev–Trinajstić information content (AvgIpc) is 3.45. The Kier molecular flexibility index (Phi) is 5.70. The number of aryl methyl sites for hydroxylation is 1. The van der Waals surface area contributed by atoms with Crippen LogP contribution in [0.1, 0.15) is 25.3 Å². The number of ether oxygens (including phenoxy) is 1. The molecule has 1 fully saturated rings. The van der Waals surface area contributed by atoms with Crippen molar-refractivity contribution in [2.24, 2.45) is 0 Å². The number of carbonyl (C=O) groups is 1. The number of hydrogen-bond donors (Lipinski definition) is 1. The minimum Gasteiger partial charge on any atom is -0.494 e. The summed E-state index contributed by atoms with van der Waals surface area (Å²) in [4.78, 5) is 12.4. The molecule has 0 heterocycles. The highest BCUT2D eigenvalue weighted by molar-refractivity contribution is 7.92. The highest BCUT2D eigenvalue weighted by atomic mass is 32.2. The number of nitrogens with one attached hydrogen (secondary N) is 1. The second-order valence-electron chi connectivity index (χ2n) is 6.59. The van der Waals surface area contributed by atoms with Gasteiger partial charge in [0.2, 0.25) is 5.91 Å². The number of carbonyl (C=O) groups excluding carboxylic acids is 1. The van der Waals surface area contributed by atoms with E-state index < -0.39 is 10.0 Å². The molecule has 0 unspecified atom stereocenters. The Bertz CT molecular complexity index is 889. The third-order valence-corrected chi connectivity index (χ3v) is 6.06. The van der Waals surface area contributed by atoms with Gasteiger partial charge in [0.05, 0.1) is 17.2 Å². The first-order chi connectivity index (χ1) is 12.9. The van der Waals surface area contributed by atoms with E-state index in [1.807, 2.05) is 26.0 Å². The molecule has 7 heteroatoms. The predicted molar refractivity (Wildman–Crippen MR) is 104 cm³/mol. The summed E-state index contributed by atoms with van der Waals surface area (Å²) in [7, 11) is -3.89. The summed E-state index contributed by atoms with van der Waals surface area (Å²) in [5.74, 6) is 0.303. The van der Waals surface area contributed by atoms with Crippen LogP contribution >= 0.6 is 0 Å². The Morgan fingerprint density at radius 2 is 1.74 bits per heavy atom. The molecular weight excluding hydrogens is 364 g/mol. The van der Waals surface area contributed by atoms with Crippen molar-refractivity contribution < 1.29 is 17.9 Å². The summed E-state index contributed by atoms with van der Waals surface area (Å²) >= 11 is 0. The monoisotopic (exact) mass is 388 g/mol. The Hall–Kier alpha value is -2.54. The molecule has 2 aromatic carbocycles. The molecule has 1 aliphatic carbocycles. The molecule has 1 amide bonds. The van der Waals surface area contributed by atoms with Crippen LogP contribution in [0.15, 0.2) is 53.4 Å². The Morgan fingerprint density at radius 3 is 2.30 bits per heavy atom. The standard InChI is InChI=1S/C20H24N2O4S/c1-3-26-18-10-12-19(13-11-18)27(24,25)22(14-20(23)21-16-6-7-16)17-8-4-15(2)5-9-17/h4-5,8-13,16H,3,6-7,14H2,1-2H3,(H,21,23). The van der Waals surface area contributed by atoms with E-state index in [-0.39, 0.29) is 23.4 Å². The van der Waals surface area contributed by atoms with Crippen LogP contribution in [0, 0.1) is 6.92 Å². The Balaban J connectivity index is 1.91. The van der Waals surface area contributed by atoms with Gasteiger partial charge in [0, 0.05) is 6.04 Å². The minimum atomic E-state index is -3.89. The smallest absolute Gasteiger partial charge is 0.264 e. The lowest BCUT2D eigenvalue weighted by Crippen LogP contribution is -2.41. The lowest BCUT2D eigenvalue weighted by atomic mass is 10.2. The van der Waals surface area contributed by atoms with Gasteiger partial charge in [-0.1, -0.05) is 17.7 Å². The summed E-state index contributed by atoms with van der Waals surface area (Å²) in [6.07, 6.45) is 1.89. The minimum absolute atomic E-state index is 0.116. The van der Waals surface area contributed by atoms with Crippen molar-refractivity contribution in [2.75, 3.05) is 17.5 Å². The molecule has 3 rings (SSSR count). The molecule has 0 spiro atoms. The maximum absolute atomic E-state index is 13.2. The van der Waals surface area contributed by atoms with Crippen molar-refractivity contribution in [3.05, 3.63) is 54.1 Å². The first-order valence-electron chi connectivity index (χ1n) is 9.02. The van der Waals surface area contributed by atoms with Crippen molar-refractivity contribution in [2.45, 2.75) is 37.6 Å². The van der Waals surface area contributed by atoms with Crippen LogP contribution in [0.3, 0.4) is 0 Å². The largest absolute Gasteiger partial charge is 0.494 e. The molecule has 0 aromatic heterocycles. The number of benzene rings is 2. The lowest BCUT2D eigenvalue weighted by Gasteiger charge is -2.24. The van der Waals surface area contributed by atoms with Crippen molar-refractivity contribution >= 4 is 21.6 Å². The van der Waals surface area contributed by atoms with Gasteiger partial charge in [-0.2, -0.15) is 0 Å². The molecule has 1 aliphatic rings. The zero-order chi connectivity index (χ0) is 19.4. The predicted octanol–water partition coefficient (Wildman–Crippen LogP) is 2.87. The lowest BCUT2D eigenvalue weighted by molar-refractivity contribution is -0.119. The van der Waals surface area contributed by atoms with Gasteiger partial charge in [0.15, 0.2) is 0 Å². The fourth-order valence-electron chi connectivity index (χ4n) is 2.66. The van der Waals surface area contributed by atoms with Crippen molar-refractivity contribution in [1.29, 1.82) is 0 Å². The molecule has 0 radical (unpaired) electrons. The normalized spacial score (nSPS) is 13.9. The van der Waals surface area contributed by atoms with Gasteiger partial charge in [0.25, 0.3) is 10.0 Å². The molecule has 2 aromatic rings. The van der Waals surface area contributed by atoms with Gasteiger partial charge in [-0.15, -0.1) is 0 Å². The summed E-state index contributed by atoms with van der Waals surface area (Å²) in [5, 5.41) is 2.85. The number of sulfonamides is 1. The third kappa shape index (κ3) is 4.80. The molecule has 144 valence electrons. The van der Waals surface area contributed by atoms with E-state index in [4.69, 9.17) is 4.74 Å². The van der Waals surface area contributed by atoms with Crippen LogP contribution in [0.2, 0.25) is 0 Å². The molecule has 0 saturated heterocycles. The highest BCUT2D eigenvalue weighted by Gasteiger charge is 2.29. The fourth-order valence-corrected chi connectivity index (χ4v) is 4.08. The number of rotatable bonds is 8. The topological polar surface area (TPSA) is 75.7 Å². The van der Waals surface area contributed by atoms with E-state index in [1.165, 1.54) is 12.1 Å². The Morgan fingerprint density at radius 1 is 1.11 bits per heavy atom. The first-order valence-corrected chi connectivity index (χ1v) is 10.5. The maximum Gasteiger partial charge on any atom is 0.264 e. The summed E-state index contributed by atoms with van der Waals surface area (Å²) in [6, 6.07) is 13.5. The average molecular weight is 388 g/mol. The van der Waals surface area contributed by atoms with Gasteiger partial charge in [0.1, 0.15) is 12.3 Å². The highest BCUT2D eigenvalue weighted by Crippen LogP contribution is 2.26. The Labute approximate surface area is 160 Å². The quantitative estimate of drug-likeness (QED) is 0.754. The number of nitrogens with zero attached hydrogens (tertiary/aromatic N) is 1. The van der Waals surface area contributed by atoms with E-state index in [9.17, 15) is 13.2 Å². The summed E-state index contributed by atoms with van der Waals surface area (Å²) < 4.78 is 33.0. The van der Waals surface area contributed by atoms with E-state index in [2.05, 4.69) is 5.32 Å². The van der Waals surface area contributed by atoms with E-state index >= 15 is 0 Å². The summed E-state index contributed by atoms with van der Waals surface area (Å²) in [5.41, 5.74) is 1.47. The molecule has 6 nitrogen and oxygen atoms in total. The number of hydrogen-bond acceptors (Lipinski definition) is 4. The van der Waals surface area contributed by atoms with Gasteiger partial charge >= 0.3 is 0 Å². The zero-order valence-electron chi connectivity index (χ0n) is 15.5. The second-order valence-corrected chi connectivity index (χ2v) is 8.46. The van der Waals surface area contributed by atoms with Crippen molar-refractivity contribution in [1.82, 2.24) is 5.32 Å². The van der Waals surface area contributed by atoms with Crippen molar-refractivity contribution in [3.8, 4) is 5.75 Å². The van der Waals surface area contributed by atoms with Crippen molar-refractivity contribution in [3.63, 3.8) is 0 Å². The maximum atomic E-state index is 13.2. The SMILES string of the molecule is CCOc1ccc(S(=O)(=O)N(CC(=O)NC2CC2)c2ccc(C)cc2)cc1. The first kappa shape index (κ1) is 19.2. The zero-order valence-corrected chi connectivity index (χ0v) is 16.3. The van der Waals surface area contributed by atoms with Crippen LogP contribution in [-0.2, 0) is 14.8 Å². The van der Waals surface area contributed by atoms with Crippen LogP contribution in [0.25, 0.3) is 0 Å². The summed E-state index contributed by atoms with van der Waals surface area (Å²) in [6.45, 7) is 4.04. The molecule has 1 saturated carbocycles. The number of anilines is 1. The van der Waals surface area contributed by atoms with Gasteiger partial charge < -0.3 is 10.1 Å². The molecule has 0 atom stereocenters. The second kappa shape index (κ2) is 8.00. The van der Waals surface area contributed by atoms with E-state index in [0.717, 1.165) is 22.7 Å². The van der Waals surface area contributed by atoms with Gasteiger partial charge in [-0.3, -0.25) is 9.10 Å². The third-order valence-electron chi connectivity index (χ3n) is 4.27. The van der Waals surface area contributed by atoms with Gasteiger partial charge in [-0.25, -0.2) is 8.42 Å². The van der Waals surface area contributed by atoms with Crippen LogP contribution in [0.4, 0.5) is 5.69 Å². The van der Waals surface area contributed by atoms with E-state index in [0.29, 0.717) is 18.0 Å². The molecule has 27 heavy (non-hydrogen) atoms. The van der Waals surface area contributed by atoms with E-state index in [1.54, 1.807) is 24.3 Å². The molecular formula is C20H24N2O4S. The number of amides is 1. The van der Waals surface area contributed by atoms with Crippen LogP contribution in [0.5, 0.6) is 5.75 Å². The fraction of sp³-hybridized carbons (Fsp3) is 0.350. The van der Waals surface area contributed by atoms with Gasteiger partial charge in [-0.05, 0) is 63.1 Å². The van der Waals surface area contributed by atoms with Crippen LogP contribution in [-0.4, -0.2) is 33.5 Å².